The third-order valence-electron chi connectivity index (χ3n) is 2.76. The molecule has 12 heavy (non-hydrogen) atoms. The molecule has 2 fully saturated rings. The Labute approximate surface area is 73.6 Å². The lowest BCUT2D eigenvalue weighted by Gasteiger charge is -2.50. The quantitative estimate of drug-likeness (QED) is 0.579. The van der Waals surface area contributed by atoms with E-state index in [1.807, 2.05) is 0 Å². The predicted molar refractivity (Wildman–Crippen MR) is 45.9 cm³/mol. The van der Waals surface area contributed by atoms with Crippen LogP contribution in [-0.2, 0) is 9.47 Å². The lowest BCUT2D eigenvalue weighted by Crippen LogP contribution is -2.65. The van der Waals surface area contributed by atoms with Crippen LogP contribution in [0.5, 0.6) is 0 Å². The molecular weight excluding hydrogens is 154 g/mol. The monoisotopic (exact) mass is 171 g/mol. The summed E-state index contributed by atoms with van der Waals surface area (Å²) in [5.41, 5.74) is 0. The standard InChI is InChI=1S/C9H17NO2/c1-3-8-4-11-9(12-5-8)6-10(2)7-9/h8H,3-7H2,1-2H3. The van der Waals surface area contributed by atoms with Gasteiger partial charge in [0.15, 0.2) is 5.79 Å². The van der Waals surface area contributed by atoms with Crippen LogP contribution in [-0.4, -0.2) is 44.0 Å². The van der Waals surface area contributed by atoms with Gasteiger partial charge in [-0.15, -0.1) is 0 Å². The molecule has 0 atom stereocenters. The molecule has 0 radical (unpaired) electrons. The molecule has 0 aliphatic carbocycles. The maximum atomic E-state index is 5.71. The van der Waals surface area contributed by atoms with E-state index in [1.54, 1.807) is 0 Å². The van der Waals surface area contributed by atoms with E-state index in [-0.39, 0.29) is 5.79 Å². The molecule has 2 rings (SSSR count). The molecule has 0 aromatic rings. The Balaban J connectivity index is 1.83. The van der Waals surface area contributed by atoms with E-state index < -0.39 is 0 Å². The predicted octanol–water partition coefficient (Wildman–Crippen LogP) is 0.701. The molecule has 3 nitrogen and oxygen atoms in total. The van der Waals surface area contributed by atoms with Gasteiger partial charge in [-0.05, 0) is 13.5 Å². The van der Waals surface area contributed by atoms with Crippen LogP contribution in [0.15, 0.2) is 0 Å². The van der Waals surface area contributed by atoms with Gasteiger partial charge in [-0.3, -0.25) is 4.90 Å². The lowest BCUT2D eigenvalue weighted by atomic mass is 10.0. The number of ether oxygens (including phenoxy) is 2. The molecule has 2 aliphatic rings. The lowest BCUT2D eigenvalue weighted by molar-refractivity contribution is -0.330. The van der Waals surface area contributed by atoms with Gasteiger partial charge < -0.3 is 9.47 Å². The Morgan fingerprint density at radius 2 is 1.92 bits per heavy atom. The molecule has 3 heteroatoms. The fraction of sp³-hybridized carbons (Fsp3) is 1.00. The fourth-order valence-corrected chi connectivity index (χ4v) is 1.82. The number of likely N-dealkylation sites (tertiary alicyclic amines) is 1. The molecule has 0 amide bonds. The minimum Gasteiger partial charge on any atom is -0.347 e. The molecule has 2 aliphatic heterocycles. The van der Waals surface area contributed by atoms with Crippen molar-refractivity contribution in [3.63, 3.8) is 0 Å². The second-order valence-electron chi connectivity index (χ2n) is 3.98. The van der Waals surface area contributed by atoms with Gasteiger partial charge in [-0.1, -0.05) is 6.92 Å². The van der Waals surface area contributed by atoms with Crippen LogP contribution < -0.4 is 0 Å². The number of hydrogen-bond donors (Lipinski definition) is 0. The summed E-state index contributed by atoms with van der Waals surface area (Å²) in [6.45, 7) is 5.81. The summed E-state index contributed by atoms with van der Waals surface area (Å²) < 4.78 is 11.4. The van der Waals surface area contributed by atoms with Gasteiger partial charge in [0.2, 0.25) is 0 Å². The highest BCUT2D eigenvalue weighted by molar-refractivity contribution is 4.89. The summed E-state index contributed by atoms with van der Waals surface area (Å²) in [5, 5.41) is 0. The van der Waals surface area contributed by atoms with E-state index in [0.29, 0.717) is 5.92 Å². The zero-order valence-corrected chi connectivity index (χ0v) is 7.88. The van der Waals surface area contributed by atoms with Crippen molar-refractivity contribution in [3.8, 4) is 0 Å². The number of nitrogens with zero attached hydrogens (tertiary/aromatic N) is 1. The zero-order chi connectivity index (χ0) is 8.60. The van der Waals surface area contributed by atoms with Crippen molar-refractivity contribution in [1.29, 1.82) is 0 Å². The van der Waals surface area contributed by atoms with Gasteiger partial charge in [-0.25, -0.2) is 0 Å². The zero-order valence-electron chi connectivity index (χ0n) is 7.88. The second kappa shape index (κ2) is 2.98. The molecule has 0 saturated carbocycles. The van der Waals surface area contributed by atoms with Crippen molar-refractivity contribution in [2.24, 2.45) is 5.92 Å². The summed E-state index contributed by atoms with van der Waals surface area (Å²) in [5.74, 6) is 0.391. The molecule has 2 saturated heterocycles. The Bertz CT molecular complexity index is 156. The molecule has 0 aromatic carbocycles. The number of likely N-dealkylation sites (N-methyl/N-ethyl adjacent to an activating group) is 1. The Morgan fingerprint density at radius 1 is 1.33 bits per heavy atom. The molecule has 2 heterocycles. The minimum absolute atomic E-state index is 0.222. The largest absolute Gasteiger partial charge is 0.347 e. The van der Waals surface area contributed by atoms with Crippen molar-refractivity contribution in [2.45, 2.75) is 19.1 Å². The molecular formula is C9H17NO2. The van der Waals surface area contributed by atoms with Crippen LogP contribution >= 0.6 is 0 Å². The third kappa shape index (κ3) is 1.37. The molecule has 70 valence electrons. The molecule has 0 N–H and O–H groups in total. The van der Waals surface area contributed by atoms with Crippen molar-refractivity contribution < 1.29 is 9.47 Å². The van der Waals surface area contributed by atoms with Crippen LogP contribution in [0.4, 0.5) is 0 Å². The van der Waals surface area contributed by atoms with Crippen LogP contribution in [0.3, 0.4) is 0 Å². The average molecular weight is 171 g/mol. The van der Waals surface area contributed by atoms with E-state index in [2.05, 4.69) is 18.9 Å². The van der Waals surface area contributed by atoms with Gasteiger partial charge in [0, 0.05) is 5.92 Å². The smallest absolute Gasteiger partial charge is 0.193 e. The molecule has 0 bridgehead atoms. The summed E-state index contributed by atoms with van der Waals surface area (Å²) in [6, 6.07) is 0. The number of hydrogen-bond acceptors (Lipinski definition) is 3. The first-order chi connectivity index (χ1) is 5.74. The SMILES string of the molecule is CCC1COC2(CN(C)C2)OC1. The fourth-order valence-electron chi connectivity index (χ4n) is 1.82. The van der Waals surface area contributed by atoms with Crippen LogP contribution in [0, 0.1) is 5.92 Å². The first-order valence-corrected chi connectivity index (χ1v) is 4.70. The summed E-state index contributed by atoms with van der Waals surface area (Å²) >= 11 is 0. The average Bonchev–Trinajstić information content (AvgIpc) is 2.04. The summed E-state index contributed by atoms with van der Waals surface area (Å²) in [4.78, 5) is 2.21. The first-order valence-electron chi connectivity index (χ1n) is 4.70. The topological polar surface area (TPSA) is 21.7 Å². The Hall–Kier alpha value is -0.120. The maximum absolute atomic E-state index is 5.71. The van der Waals surface area contributed by atoms with Crippen molar-refractivity contribution in [2.75, 3.05) is 33.4 Å². The first kappa shape index (κ1) is 8.48. The highest BCUT2D eigenvalue weighted by Gasteiger charge is 2.46. The summed E-state index contributed by atoms with van der Waals surface area (Å²) in [6.07, 6.45) is 1.16. The molecule has 0 unspecified atom stereocenters. The maximum Gasteiger partial charge on any atom is 0.193 e. The van der Waals surface area contributed by atoms with E-state index in [0.717, 1.165) is 32.7 Å². The number of rotatable bonds is 1. The van der Waals surface area contributed by atoms with E-state index in [9.17, 15) is 0 Å². The molecule has 1 spiro atoms. The van der Waals surface area contributed by atoms with Gasteiger partial charge in [0.05, 0.1) is 26.3 Å². The minimum atomic E-state index is -0.222. The summed E-state index contributed by atoms with van der Waals surface area (Å²) in [7, 11) is 2.09. The van der Waals surface area contributed by atoms with Crippen molar-refractivity contribution in [1.82, 2.24) is 4.90 Å². The highest BCUT2D eigenvalue weighted by Crippen LogP contribution is 2.30. The van der Waals surface area contributed by atoms with Gasteiger partial charge >= 0.3 is 0 Å². The molecule has 0 aromatic heterocycles. The third-order valence-corrected chi connectivity index (χ3v) is 2.76. The van der Waals surface area contributed by atoms with Crippen molar-refractivity contribution >= 4 is 0 Å². The van der Waals surface area contributed by atoms with Crippen LogP contribution in [0.25, 0.3) is 0 Å². The highest BCUT2D eigenvalue weighted by atomic mass is 16.7. The second-order valence-corrected chi connectivity index (χ2v) is 3.98. The van der Waals surface area contributed by atoms with Gasteiger partial charge in [-0.2, -0.15) is 0 Å². The Kier molecular flexibility index (Phi) is 2.10. The van der Waals surface area contributed by atoms with Gasteiger partial charge in [0.1, 0.15) is 0 Å². The van der Waals surface area contributed by atoms with E-state index in [4.69, 9.17) is 9.47 Å². The van der Waals surface area contributed by atoms with Crippen molar-refractivity contribution in [3.05, 3.63) is 0 Å². The Morgan fingerprint density at radius 3 is 2.33 bits per heavy atom. The van der Waals surface area contributed by atoms with Crippen LogP contribution in [0.2, 0.25) is 0 Å². The normalized spacial score (nSPS) is 30.5. The van der Waals surface area contributed by atoms with Crippen LogP contribution in [0.1, 0.15) is 13.3 Å². The van der Waals surface area contributed by atoms with Gasteiger partial charge in [0.25, 0.3) is 0 Å². The van der Waals surface area contributed by atoms with E-state index in [1.165, 1.54) is 0 Å². The van der Waals surface area contributed by atoms with E-state index >= 15 is 0 Å².